The Kier molecular flexibility index (Phi) is 1.51. The second kappa shape index (κ2) is 2.16. The van der Waals surface area contributed by atoms with Crippen LogP contribution in [-0.2, 0) is 4.79 Å². The van der Waals surface area contributed by atoms with Gasteiger partial charge in [0, 0.05) is 13.0 Å². The van der Waals surface area contributed by atoms with Crippen molar-refractivity contribution in [3.63, 3.8) is 0 Å². The molecule has 0 aromatic rings. The van der Waals surface area contributed by atoms with Crippen molar-refractivity contribution in [3.05, 3.63) is 0 Å². The van der Waals surface area contributed by atoms with Crippen molar-refractivity contribution >= 4 is 5.91 Å². The maximum absolute atomic E-state index is 10.4. The molecule has 1 saturated heterocycles. The van der Waals surface area contributed by atoms with E-state index in [-0.39, 0.29) is 5.91 Å². The van der Waals surface area contributed by atoms with Gasteiger partial charge in [-0.15, -0.1) is 0 Å². The summed E-state index contributed by atoms with van der Waals surface area (Å²) in [6.07, 6.45) is 1.78. The fraction of sp³-hybridized carbons (Fsp3) is 0.833. The topological polar surface area (TPSA) is 31.2 Å². The predicted octanol–water partition coefficient (Wildman–Crippen LogP) is 0.547. The summed E-state index contributed by atoms with van der Waals surface area (Å²) >= 11 is 0. The first-order valence-electron chi connectivity index (χ1n) is 3.03. The van der Waals surface area contributed by atoms with Crippen LogP contribution in [0.1, 0.15) is 19.8 Å². The lowest BCUT2D eigenvalue weighted by atomic mass is 10.1. The van der Waals surface area contributed by atoms with Gasteiger partial charge in [-0.1, -0.05) is 13.3 Å². The van der Waals surface area contributed by atoms with E-state index in [2.05, 4.69) is 12.2 Å². The molecule has 2 nitrogen and oxygen atoms in total. The van der Waals surface area contributed by atoms with Crippen LogP contribution >= 0.6 is 0 Å². The van der Waals surface area contributed by atoms with E-state index in [1.807, 2.05) is 0 Å². The van der Waals surface area contributed by atoms with Crippen molar-refractivity contribution in [1.82, 2.24) is 5.32 Å². The van der Waals surface area contributed by atoms with Gasteiger partial charge in [0.15, 0.2) is 0 Å². The summed E-state index contributed by atoms with van der Waals surface area (Å²) in [6, 6.07) is 0. The van der Waals surface area contributed by atoms with Crippen LogP contribution < -0.4 is 5.32 Å². The number of nitrogens with zero attached hydrogens (tertiary/aromatic N) is 1. The van der Waals surface area contributed by atoms with Crippen LogP contribution in [0.4, 0.5) is 0 Å². The molecule has 1 unspecified atom stereocenters. The molecule has 1 amide bonds. The average molecular weight is 112 g/mol. The molecule has 1 radical (unpaired) electrons. The molecule has 1 aliphatic rings. The molecule has 0 spiro atoms. The normalized spacial score (nSPS) is 28.1. The minimum Gasteiger partial charge on any atom is -0.273 e. The highest BCUT2D eigenvalue weighted by molar-refractivity contribution is 5.77. The van der Waals surface area contributed by atoms with E-state index in [0.29, 0.717) is 12.3 Å². The maximum Gasteiger partial charge on any atom is 0.241 e. The third kappa shape index (κ3) is 0.997. The fourth-order valence-electron chi connectivity index (χ4n) is 0.880. The molecule has 2 heteroatoms. The molecule has 1 atom stereocenters. The molecule has 45 valence electrons. The molecule has 0 aromatic heterocycles. The summed E-state index contributed by atoms with van der Waals surface area (Å²) in [4.78, 5) is 10.4. The van der Waals surface area contributed by atoms with Gasteiger partial charge < -0.3 is 0 Å². The summed E-state index contributed by atoms with van der Waals surface area (Å²) in [5, 5.41) is 3.75. The molecule has 1 aliphatic heterocycles. The Hall–Kier alpha value is -0.530. The van der Waals surface area contributed by atoms with Gasteiger partial charge in [-0.2, -0.15) is 0 Å². The largest absolute Gasteiger partial charge is 0.273 e. The summed E-state index contributed by atoms with van der Waals surface area (Å²) in [6.45, 7) is 2.87. The smallest absolute Gasteiger partial charge is 0.241 e. The Morgan fingerprint density at radius 1 is 1.88 bits per heavy atom. The van der Waals surface area contributed by atoms with Crippen molar-refractivity contribution in [2.24, 2.45) is 5.92 Å². The van der Waals surface area contributed by atoms with Crippen LogP contribution in [0.5, 0.6) is 0 Å². The molecule has 8 heavy (non-hydrogen) atoms. The number of hydrogen-bond acceptors (Lipinski definition) is 1. The lowest BCUT2D eigenvalue weighted by Gasteiger charge is -1.96. The van der Waals surface area contributed by atoms with Crippen molar-refractivity contribution in [2.75, 3.05) is 6.54 Å². The third-order valence-corrected chi connectivity index (χ3v) is 1.57. The number of hydrogen-bond donors (Lipinski definition) is 0. The highest BCUT2D eigenvalue weighted by Crippen LogP contribution is 2.12. The zero-order valence-corrected chi connectivity index (χ0v) is 5.05. The minimum absolute atomic E-state index is 0.0943. The van der Waals surface area contributed by atoms with Gasteiger partial charge >= 0.3 is 0 Å². The quantitative estimate of drug-likeness (QED) is 0.487. The van der Waals surface area contributed by atoms with Crippen LogP contribution in [0.2, 0.25) is 0 Å². The van der Waals surface area contributed by atoms with Gasteiger partial charge in [0.2, 0.25) is 5.91 Å². The molecular weight excluding hydrogens is 102 g/mol. The Labute approximate surface area is 49.3 Å². The van der Waals surface area contributed by atoms with Gasteiger partial charge in [-0.05, 0) is 5.92 Å². The lowest BCUT2D eigenvalue weighted by molar-refractivity contribution is -0.119. The zero-order valence-electron chi connectivity index (χ0n) is 5.05. The molecule has 0 aliphatic carbocycles. The van der Waals surface area contributed by atoms with E-state index in [4.69, 9.17) is 0 Å². The number of rotatable bonds is 1. The van der Waals surface area contributed by atoms with Crippen LogP contribution in [0.3, 0.4) is 0 Å². The SMILES string of the molecule is CCC1C[N]C(=O)C1. The van der Waals surface area contributed by atoms with E-state index in [0.717, 1.165) is 13.0 Å². The first-order chi connectivity index (χ1) is 3.83. The van der Waals surface area contributed by atoms with Crippen LogP contribution in [0.25, 0.3) is 0 Å². The summed E-state index contributed by atoms with van der Waals surface area (Å²) in [5.41, 5.74) is 0. The Morgan fingerprint density at radius 3 is 2.88 bits per heavy atom. The van der Waals surface area contributed by atoms with Gasteiger partial charge in [-0.25, -0.2) is 0 Å². The van der Waals surface area contributed by atoms with Gasteiger partial charge in [0.25, 0.3) is 0 Å². The summed E-state index contributed by atoms with van der Waals surface area (Å²) in [5.74, 6) is 0.652. The summed E-state index contributed by atoms with van der Waals surface area (Å²) in [7, 11) is 0. The van der Waals surface area contributed by atoms with E-state index in [1.54, 1.807) is 0 Å². The van der Waals surface area contributed by atoms with Gasteiger partial charge in [-0.3, -0.25) is 10.1 Å². The second-order valence-electron chi connectivity index (χ2n) is 2.21. The number of amides is 1. The Balaban J connectivity index is 2.32. The van der Waals surface area contributed by atoms with Crippen LogP contribution in [0, 0.1) is 5.92 Å². The zero-order chi connectivity index (χ0) is 5.98. The van der Waals surface area contributed by atoms with E-state index in [1.165, 1.54) is 0 Å². The van der Waals surface area contributed by atoms with Crippen molar-refractivity contribution < 1.29 is 4.79 Å². The van der Waals surface area contributed by atoms with Crippen LogP contribution in [-0.4, -0.2) is 12.5 Å². The molecule has 0 aromatic carbocycles. The molecular formula is C6H10NO. The first-order valence-corrected chi connectivity index (χ1v) is 3.03. The maximum atomic E-state index is 10.4. The average Bonchev–Trinajstić information content (AvgIpc) is 2.14. The highest BCUT2D eigenvalue weighted by atomic mass is 16.1. The molecule has 1 fully saturated rings. The monoisotopic (exact) mass is 112 g/mol. The minimum atomic E-state index is 0.0943. The van der Waals surface area contributed by atoms with Crippen LogP contribution in [0.15, 0.2) is 0 Å². The Morgan fingerprint density at radius 2 is 2.62 bits per heavy atom. The Bertz CT molecular complexity index is 101. The second-order valence-corrected chi connectivity index (χ2v) is 2.21. The molecule has 1 heterocycles. The first kappa shape index (κ1) is 5.60. The number of carbonyl (C=O) groups is 1. The van der Waals surface area contributed by atoms with Crippen molar-refractivity contribution in [2.45, 2.75) is 19.8 Å². The molecule has 0 saturated carbocycles. The van der Waals surface area contributed by atoms with Gasteiger partial charge in [0.05, 0.1) is 0 Å². The van der Waals surface area contributed by atoms with E-state index >= 15 is 0 Å². The third-order valence-electron chi connectivity index (χ3n) is 1.57. The molecule has 0 N–H and O–H groups in total. The standard InChI is InChI=1S/C6H10NO/c1-2-5-3-6(8)7-4-5/h5H,2-4H2,1H3. The van der Waals surface area contributed by atoms with E-state index in [9.17, 15) is 4.79 Å². The highest BCUT2D eigenvalue weighted by Gasteiger charge is 2.20. The predicted molar refractivity (Wildman–Crippen MR) is 30.4 cm³/mol. The van der Waals surface area contributed by atoms with Gasteiger partial charge in [0.1, 0.15) is 0 Å². The molecule has 1 rings (SSSR count). The summed E-state index contributed by atoms with van der Waals surface area (Å²) < 4.78 is 0. The van der Waals surface area contributed by atoms with Crippen molar-refractivity contribution in [1.29, 1.82) is 0 Å². The number of carbonyl (C=O) groups excluding carboxylic acids is 1. The van der Waals surface area contributed by atoms with E-state index < -0.39 is 0 Å². The fourth-order valence-corrected chi connectivity index (χ4v) is 0.880. The lowest BCUT2D eigenvalue weighted by Crippen LogP contribution is -2.04. The van der Waals surface area contributed by atoms with Crippen molar-refractivity contribution in [3.8, 4) is 0 Å². The molecule has 0 bridgehead atoms.